The van der Waals surface area contributed by atoms with Crippen molar-refractivity contribution >= 4 is 23.8 Å². The topological polar surface area (TPSA) is 166 Å². The van der Waals surface area contributed by atoms with Gasteiger partial charge in [-0.25, -0.2) is 22.9 Å². The predicted octanol–water partition coefficient (Wildman–Crippen LogP) is 3.46. The van der Waals surface area contributed by atoms with E-state index in [-0.39, 0.29) is 75.1 Å². The molecule has 5 rings (SSSR count). The van der Waals surface area contributed by atoms with Crippen LogP contribution in [0, 0.1) is 23.0 Å². The van der Waals surface area contributed by atoms with Gasteiger partial charge in [0.2, 0.25) is 0 Å². The molecule has 0 aliphatic carbocycles. The highest BCUT2D eigenvalue weighted by Gasteiger charge is 2.44. The first-order valence-electron chi connectivity index (χ1n) is 17.2. The number of alkyl halides is 1. The molecule has 4 unspecified atom stereocenters. The van der Waals surface area contributed by atoms with Crippen molar-refractivity contribution in [3.8, 4) is 17.0 Å². The van der Waals surface area contributed by atoms with Gasteiger partial charge in [0.1, 0.15) is 35.5 Å². The summed E-state index contributed by atoms with van der Waals surface area (Å²) in [7, 11) is 0. The number of carbonyl (C=O) groups excluding carboxylic acids is 4. The fourth-order valence-electron chi connectivity index (χ4n) is 6.57. The van der Waals surface area contributed by atoms with Crippen LogP contribution < -0.4 is 10.6 Å². The molecule has 284 valence electrons. The summed E-state index contributed by atoms with van der Waals surface area (Å²) < 4.78 is 51.8. The second-order valence-electron chi connectivity index (χ2n) is 13.9. The normalized spacial score (nSPS) is 18.4. The summed E-state index contributed by atoms with van der Waals surface area (Å²) in [5.41, 5.74) is -0.559. The standard InChI is InChI=1S/C37H43F3N6O7/c1-22(47)35(51)46(20-24-17-41-18-29(24)40)33(37(2,3)11-14-53-36(52)42-12-13-45-31(49)9-10-32(45)50)34-43-30(27-16-25(38)7-8-28(27)39)21-44(34)19-23-5-4-6-26(48)15-23/h4-10,15-16,21-22,24,29,33,41,47-48H,11-14,17-20H2,1-3H3,(H,42,52). The van der Waals surface area contributed by atoms with E-state index in [4.69, 9.17) is 9.72 Å². The number of nitrogens with one attached hydrogen (secondary N) is 2. The summed E-state index contributed by atoms with van der Waals surface area (Å²) in [6.45, 7) is 4.76. The van der Waals surface area contributed by atoms with Gasteiger partial charge in [-0.05, 0) is 54.7 Å². The number of ether oxygens (including phenoxy) is 1. The molecule has 2 aliphatic heterocycles. The van der Waals surface area contributed by atoms with Gasteiger partial charge in [0.15, 0.2) is 0 Å². The first-order valence-corrected chi connectivity index (χ1v) is 17.2. The lowest BCUT2D eigenvalue weighted by molar-refractivity contribution is -0.146. The van der Waals surface area contributed by atoms with Gasteiger partial charge in [-0.1, -0.05) is 26.0 Å². The predicted molar refractivity (Wildman–Crippen MR) is 186 cm³/mol. The van der Waals surface area contributed by atoms with Gasteiger partial charge in [-0.2, -0.15) is 0 Å². The monoisotopic (exact) mass is 740 g/mol. The Morgan fingerprint density at radius 2 is 1.87 bits per heavy atom. The Kier molecular flexibility index (Phi) is 12.2. The molecule has 1 aromatic heterocycles. The number of imidazole rings is 1. The van der Waals surface area contributed by atoms with Crippen LogP contribution in [-0.4, -0.2) is 105 Å². The summed E-state index contributed by atoms with van der Waals surface area (Å²) in [5, 5.41) is 26.3. The molecule has 4 N–H and O–H groups in total. The lowest BCUT2D eigenvalue weighted by Gasteiger charge is -2.43. The highest BCUT2D eigenvalue weighted by molar-refractivity contribution is 6.12. The van der Waals surface area contributed by atoms with Crippen molar-refractivity contribution in [2.45, 2.75) is 52.1 Å². The molecule has 4 atom stereocenters. The average molecular weight is 741 g/mol. The van der Waals surface area contributed by atoms with Gasteiger partial charge in [-0.3, -0.25) is 19.3 Å². The van der Waals surface area contributed by atoms with E-state index >= 15 is 8.78 Å². The number of hydrogen-bond acceptors (Lipinski definition) is 9. The van der Waals surface area contributed by atoms with Crippen LogP contribution >= 0.6 is 0 Å². The Balaban J connectivity index is 1.51. The van der Waals surface area contributed by atoms with Crippen LogP contribution in [0.15, 0.2) is 60.8 Å². The second-order valence-corrected chi connectivity index (χ2v) is 13.9. The molecule has 3 heterocycles. The Morgan fingerprint density at radius 1 is 1.13 bits per heavy atom. The van der Waals surface area contributed by atoms with Crippen molar-refractivity contribution in [2.75, 3.05) is 39.3 Å². The summed E-state index contributed by atoms with van der Waals surface area (Å²) in [6.07, 6.45) is 0.209. The van der Waals surface area contributed by atoms with Crippen LogP contribution in [-0.2, 0) is 25.7 Å². The number of hydrogen-bond donors (Lipinski definition) is 4. The van der Waals surface area contributed by atoms with Gasteiger partial charge in [0, 0.05) is 69.1 Å². The van der Waals surface area contributed by atoms with Gasteiger partial charge < -0.3 is 35.1 Å². The number of rotatable bonds is 15. The van der Waals surface area contributed by atoms with Crippen molar-refractivity contribution in [2.24, 2.45) is 11.3 Å². The number of aromatic nitrogens is 2. The molecule has 16 heteroatoms. The molecule has 3 aromatic rings. The summed E-state index contributed by atoms with van der Waals surface area (Å²) in [4.78, 5) is 57.3. The van der Waals surface area contributed by atoms with Crippen molar-refractivity contribution in [1.82, 2.24) is 30.0 Å². The molecule has 0 spiro atoms. The SMILES string of the molecule is CC(O)C(=O)N(CC1CNCC1F)C(c1nc(-c2cc(F)ccc2F)cn1Cc1cccc(O)c1)C(C)(C)CCOC(=O)NCCN1C(=O)C=CC1=O. The number of nitrogens with zero attached hydrogens (tertiary/aromatic N) is 4. The van der Waals surface area contributed by atoms with Crippen molar-refractivity contribution in [3.05, 3.63) is 83.8 Å². The van der Waals surface area contributed by atoms with E-state index in [1.807, 2.05) is 0 Å². The third kappa shape index (κ3) is 9.42. The number of benzene rings is 2. The van der Waals surface area contributed by atoms with Gasteiger partial charge in [0.25, 0.3) is 17.7 Å². The summed E-state index contributed by atoms with van der Waals surface area (Å²) >= 11 is 0. The molecule has 1 fully saturated rings. The molecule has 13 nitrogen and oxygen atoms in total. The third-order valence-electron chi connectivity index (χ3n) is 9.39. The van der Waals surface area contributed by atoms with Crippen LogP contribution in [0.3, 0.4) is 0 Å². The first-order chi connectivity index (χ1) is 25.1. The maximum atomic E-state index is 15.2. The maximum Gasteiger partial charge on any atom is 0.407 e. The van der Waals surface area contributed by atoms with Crippen LogP contribution in [0.25, 0.3) is 11.3 Å². The first kappa shape index (κ1) is 39.0. The zero-order valence-electron chi connectivity index (χ0n) is 29.6. The third-order valence-corrected chi connectivity index (χ3v) is 9.39. The van der Waals surface area contributed by atoms with E-state index in [0.29, 0.717) is 5.56 Å². The molecule has 0 saturated carbocycles. The van der Waals surface area contributed by atoms with E-state index in [0.717, 1.165) is 35.3 Å². The smallest absolute Gasteiger partial charge is 0.407 e. The summed E-state index contributed by atoms with van der Waals surface area (Å²) in [5.74, 6) is -3.66. The molecule has 2 aliphatic rings. The molecular weight excluding hydrogens is 697 g/mol. The fraction of sp³-hybridized carbons (Fsp3) is 0.432. The highest BCUT2D eigenvalue weighted by atomic mass is 19.1. The maximum absolute atomic E-state index is 15.2. The molecule has 53 heavy (non-hydrogen) atoms. The Morgan fingerprint density at radius 3 is 2.53 bits per heavy atom. The molecular formula is C37H43F3N6O7. The number of aliphatic hydroxyl groups is 1. The van der Waals surface area contributed by atoms with Crippen LogP contribution in [0.1, 0.15) is 44.6 Å². The fourth-order valence-corrected chi connectivity index (χ4v) is 6.57. The lowest BCUT2D eigenvalue weighted by Crippen LogP contribution is -2.50. The molecule has 0 radical (unpaired) electrons. The molecule has 4 amide bonds. The number of phenolic OH excluding ortho intramolecular Hbond substituents is 1. The molecule has 2 aromatic carbocycles. The number of aromatic hydroxyl groups is 1. The van der Waals surface area contributed by atoms with Crippen molar-refractivity contribution in [1.29, 1.82) is 0 Å². The number of aliphatic hydroxyl groups excluding tert-OH is 1. The van der Waals surface area contributed by atoms with Crippen molar-refractivity contribution in [3.63, 3.8) is 0 Å². The largest absolute Gasteiger partial charge is 0.508 e. The number of carbonyl (C=O) groups is 4. The van der Waals surface area contributed by atoms with E-state index in [1.54, 1.807) is 30.5 Å². The molecule has 1 saturated heterocycles. The molecule has 0 bridgehead atoms. The van der Waals surface area contributed by atoms with Gasteiger partial charge >= 0.3 is 6.09 Å². The van der Waals surface area contributed by atoms with E-state index in [9.17, 15) is 33.8 Å². The second kappa shape index (κ2) is 16.6. The van der Waals surface area contributed by atoms with Gasteiger partial charge in [-0.15, -0.1) is 0 Å². The van der Waals surface area contributed by atoms with Crippen molar-refractivity contribution < 1.29 is 47.3 Å². The minimum absolute atomic E-state index is 0.0169. The number of alkyl carbamates (subject to hydrolysis) is 1. The minimum Gasteiger partial charge on any atom is -0.508 e. The van der Waals surface area contributed by atoms with E-state index in [2.05, 4.69) is 10.6 Å². The Hall–Kier alpha value is -5.22. The highest BCUT2D eigenvalue weighted by Crippen LogP contribution is 2.43. The number of imide groups is 1. The number of halogens is 3. The van der Waals surface area contributed by atoms with Crippen LogP contribution in [0.2, 0.25) is 0 Å². The van der Waals surface area contributed by atoms with E-state index in [1.165, 1.54) is 30.2 Å². The lowest BCUT2D eigenvalue weighted by atomic mass is 9.79. The minimum atomic E-state index is -1.51. The van der Waals surface area contributed by atoms with Gasteiger partial charge in [0.05, 0.1) is 18.3 Å². The Bertz CT molecular complexity index is 1850. The zero-order valence-corrected chi connectivity index (χ0v) is 29.6. The summed E-state index contributed by atoms with van der Waals surface area (Å²) in [6, 6.07) is 8.25. The Labute approximate surface area is 304 Å². The zero-order chi connectivity index (χ0) is 38.4. The van der Waals surface area contributed by atoms with E-state index < -0.39 is 65.1 Å². The number of amides is 4. The quantitative estimate of drug-likeness (QED) is 0.171. The van der Waals surface area contributed by atoms with Crippen LogP contribution in [0.5, 0.6) is 5.75 Å². The van der Waals surface area contributed by atoms with Crippen LogP contribution in [0.4, 0.5) is 18.0 Å². The number of phenols is 1. The average Bonchev–Trinajstić information content (AvgIpc) is 3.79.